The van der Waals surface area contributed by atoms with E-state index in [-0.39, 0.29) is 11.9 Å². The molecule has 0 aromatic carbocycles. The summed E-state index contributed by atoms with van der Waals surface area (Å²) in [6, 6.07) is 2.56. The smallest absolute Gasteiger partial charge is 0.257 e. The largest absolute Gasteiger partial charge is 0.336 e. The van der Waals surface area contributed by atoms with Crippen LogP contribution >= 0.6 is 0 Å². The average molecular weight is 329 g/mol. The number of carbonyl (C=O) groups excluding carboxylic acids is 1. The minimum Gasteiger partial charge on any atom is -0.336 e. The molecule has 1 amide bonds. The van der Waals surface area contributed by atoms with Crippen LogP contribution in [0.2, 0.25) is 0 Å². The summed E-state index contributed by atoms with van der Waals surface area (Å²) in [6.45, 7) is 4.89. The van der Waals surface area contributed by atoms with E-state index < -0.39 is 0 Å². The van der Waals surface area contributed by atoms with Gasteiger partial charge in [-0.3, -0.25) is 14.4 Å². The normalized spacial score (nSPS) is 21.5. The molecule has 1 saturated heterocycles. The lowest BCUT2D eigenvalue weighted by molar-refractivity contribution is 0.0538. The van der Waals surface area contributed by atoms with E-state index in [0.29, 0.717) is 24.6 Å². The van der Waals surface area contributed by atoms with Gasteiger partial charge in [-0.2, -0.15) is 10.4 Å². The molecule has 2 heterocycles. The number of nitriles is 1. The zero-order chi connectivity index (χ0) is 17.1. The first-order chi connectivity index (χ1) is 11.6. The molecule has 3 rings (SSSR count). The minimum absolute atomic E-state index is 0.0164. The number of aromatic nitrogens is 2. The first kappa shape index (κ1) is 17.0. The van der Waals surface area contributed by atoms with Crippen molar-refractivity contribution >= 4 is 5.91 Å². The van der Waals surface area contributed by atoms with Gasteiger partial charge in [0.15, 0.2) is 0 Å². The van der Waals surface area contributed by atoms with E-state index in [1.54, 1.807) is 10.9 Å². The van der Waals surface area contributed by atoms with E-state index in [1.165, 1.54) is 32.1 Å². The predicted molar refractivity (Wildman–Crippen MR) is 91.4 cm³/mol. The zero-order valence-corrected chi connectivity index (χ0v) is 14.7. The van der Waals surface area contributed by atoms with Crippen molar-refractivity contribution in [1.29, 1.82) is 5.26 Å². The summed E-state index contributed by atoms with van der Waals surface area (Å²) >= 11 is 0. The summed E-state index contributed by atoms with van der Waals surface area (Å²) < 4.78 is 1.73. The van der Waals surface area contributed by atoms with Crippen LogP contribution in [0.1, 0.15) is 48.2 Å². The molecule has 1 atom stereocenters. The highest BCUT2D eigenvalue weighted by atomic mass is 16.2. The van der Waals surface area contributed by atoms with Crippen molar-refractivity contribution in [3.8, 4) is 6.07 Å². The monoisotopic (exact) mass is 329 g/mol. The van der Waals surface area contributed by atoms with E-state index in [9.17, 15) is 10.1 Å². The van der Waals surface area contributed by atoms with Gasteiger partial charge in [-0.15, -0.1) is 0 Å². The van der Waals surface area contributed by atoms with Gasteiger partial charge in [0.2, 0.25) is 0 Å². The number of carbonyl (C=O) groups is 1. The van der Waals surface area contributed by atoms with Gasteiger partial charge >= 0.3 is 0 Å². The Labute approximate surface area is 144 Å². The van der Waals surface area contributed by atoms with E-state index >= 15 is 0 Å². The van der Waals surface area contributed by atoms with Gasteiger partial charge in [0.25, 0.3) is 5.91 Å². The molecule has 2 aliphatic rings. The predicted octanol–water partition coefficient (Wildman–Crippen LogP) is 1.96. The van der Waals surface area contributed by atoms with Gasteiger partial charge in [0, 0.05) is 38.9 Å². The Morgan fingerprint density at radius 2 is 1.92 bits per heavy atom. The molecule has 1 aliphatic heterocycles. The number of nitrogens with zero attached hydrogens (tertiary/aromatic N) is 5. The van der Waals surface area contributed by atoms with Gasteiger partial charge in [-0.05, 0) is 25.7 Å². The Hall–Kier alpha value is -1.87. The van der Waals surface area contributed by atoms with Gasteiger partial charge in [0.05, 0.1) is 17.8 Å². The van der Waals surface area contributed by atoms with Crippen molar-refractivity contribution in [3.63, 3.8) is 0 Å². The molecule has 130 valence electrons. The van der Waals surface area contributed by atoms with Gasteiger partial charge in [0.1, 0.15) is 6.04 Å². The third-order valence-corrected chi connectivity index (χ3v) is 5.69. The van der Waals surface area contributed by atoms with E-state index in [1.807, 2.05) is 18.9 Å². The number of piperazine rings is 1. The highest BCUT2D eigenvalue weighted by molar-refractivity contribution is 5.95. The molecule has 0 bridgehead atoms. The molecular formula is C18H27N5O. The summed E-state index contributed by atoms with van der Waals surface area (Å²) in [7, 11) is 1.85. The topological polar surface area (TPSA) is 65.2 Å². The fourth-order valence-electron chi connectivity index (χ4n) is 4.02. The quantitative estimate of drug-likeness (QED) is 0.850. The molecule has 1 aromatic rings. The molecule has 2 fully saturated rings. The van der Waals surface area contributed by atoms with Gasteiger partial charge in [-0.25, -0.2) is 0 Å². The SMILES string of the molecule is Cc1c(C(=O)N2CCN(C(C#N)C3CCCCC3)CC2)cnn1C. The Kier molecular flexibility index (Phi) is 5.20. The molecule has 0 spiro atoms. The summed E-state index contributed by atoms with van der Waals surface area (Å²) in [4.78, 5) is 16.9. The molecule has 1 saturated carbocycles. The van der Waals surface area contributed by atoms with Crippen molar-refractivity contribution < 1.29 is 4.79 Å². The van der Waals surface area contributed by atoms with Crippen molar-refractivity contribution in [1.82, 2.24) is 19.6 Å². The van der Waals surface area contributed by atoms with Crippen LogP contribution in [0.4, 0.5) is 0 Å². The number of hydrogen-bond acceptors (Lipinski definition) is 4. The molecular weight excluding hydrogens is 302 g/mol. The summed E-state index contributed by atoms with van der Waals surface area (Å²) in [5.74, 6) is 0.568. The van der Waals surface area contributed by atoms with Crippen molar-refractivity contribution in [3.05, 3.63) is 17.5 Å². The van der Waals surface area contributed by atoms with Crippen molar-refractivity contribution in [2.75, 3.05) is 26.2 Å². The lowest BCUT2D eigenvalue weighted by Gasteiger charge is -2.40. The standard InChI is InChI=1S/C18H27N5O/c1-14-16(13-20-21(14)2)18(24)23-10-8-22(9-11-23)17(12-19)15-6-4-3-5-7-15/h13,15,17H,3-11H2,1-2H3. The fraction of sp³-hybridized carbons (Fsp3) is 0.722. The number of hydrogen-bond donors (Lipinski definition) is 0. The first-order valence-corrected chi connectivity index (χ1v) is 9.03. The minimum atomic E-state index is 0.0164. The lowest BCUT2D eigenvalue weighted by Crippen LogP contribution is -2.53. The van der Waals surface area contributed by atoms with Crippen LogP contribution in [0.15, 0.2) is 6.20 Å². The van der Waals surface area contributed by atoms with Crippen LogP contribution < -0.4 is 0 Å². The van der Waals surface area contributed by atoms with Crippen molar-refractivity contribution in [2.24, 2.45) is 13.0 Å². The highest BCUT2D eigenvalue weighted by Crippen LogP contribution is 2.29. The third kappa shape index (κ3) is 3.32. The van der Waals surface area contributed by atoms with E-state index in [4.69, 9.17) is 0 Å². The number of rotatable bonds is 3. The second-order valence-electron chi connectivity index (χ2n) is 7.07. The Morgan fingerprint density at radius 3 is 2.46 bits per heavy atom. The molecule has 24 heavy (non-hydrogen) atoms. The number of amides is 1. The maximum absolute atomic E-state index is 12.7. The molecule has 1 aliphatic carbocycles. The molecule has 6 nitrogen and oxygen atoms in total. The van der Waals surface area contributed by atoms with Gasteiger partial charge < -0.3 is 4.90 Å². The second kappa shape index (κ2) is 7.35. The molecule has 1 unspecified atom stereocenters. The maximum Gasteiger partial charge on any atom is 0.257 e. The number of aryl methyl sites for hydroxylation is 1. The van der Waals surface area contributed by atoms with E-state index in [2.05, 4.69) is 16.1 Å². The summed E-state index contributed by atoms with van der Waals surface area (Å²) in [5.41, 5.74) is 1.59. The Balaban J connectivity index is 1.59. The van der Waals surface area contributed by atoms with Crippen LogP contribution in [0.25, 0.3) is 0 Å². The fourth-order valence-corrected chi connectivity index (χ4v) is 4.02. The highest BCUT2D eigenvalue weighted by Gasteiger charge is 2.32. The van der Waals surface area contributed by atoms with Crippen LogP contribution in [0.5, 0.6) is 0 Å². The molecule has 0 radical (unpaired) electrons. The van der Waals surface area contributed by atoms with Crippen LogP contribution in [-0.4, -0.2) is 57.7 Å². The molecule has 6 heteroatoms. The Bertz CT molecular complexity index is 618. The Morgan fingerprint density at radius 1 is 1.25 bits per heavy atom. The second-order valence-corrected chi connectivity index (χ2v) is 7.07. The zero-order valence-electron chi connectivity index (χ0n) is 14.7. The van der Waals surface area contributed by atoms with Crippen LogP contribution in [0, 0.1) is 24.2 Å². The van der Waals surface area contributed by atoms with Crippen molar-refractivity contribution in [2.45, 2.75) is 45.1 Å². The maximum atomic E-state index is 12.7. The lowest BCUT2D eigenvalue weighted by atomic mass is 9.83. The molecule has 0 N–H and O–H groups in total. The third-order valence-electron chi connectivity index (χ3n) is 5.69. The summed E-state index contributed by atoms with van der Waals surface area (Å²) in [6.07, 6.45) is 7.81. The van der Waals surface area contributed by atoms with Gasteiger partial charge in [-0.1, -0.05) is 19.3 Å². The molecule has 1 aromatic heterocycles. The average Bonchev–Trinajstić information content (AvgIpc) is 2.96. The summed E-state index contributed by atoms with van der Waals surface area (Å²) in [5, 5.41) is 13.8. The van der Waals surface area contributed by atoms with E-state index in [0.717, 1.165) is 18.8 Å². The van der Waals surface area contributed by atoms with Crippen LogP contribution in [-0.2, 0) is 7.05 Å². The first-order valence-electron chi connectivity index (χ1n) is 9.03. The van der Waals surface area contributed by atoms with Crippen LogP contribution in [0.3, 0.4) is 0 Å².